The Morgan fingerprint density at radius 2 is 2.10 bits per heavy atom. The molecule has 2 atom stereocenters. The lowest BCUT2D eigenvalue weighted by atomic mass is 10.2. The largest absolute Gasteiger partial charge is 0.479 e. The first-order valence-electron chi connectivity index (χ1n) is 6.29. The molecule has 108 valence electrons. The van der Waals surface area contributed by atoms with Gasteiger partial charge in [-0.3, -0.25) is 9.78 Å². The van der Waals surface area contributed by atoms with Gasteiger partial charge in [0.05, 0.1) is 17.6 Å². The maximum atomic E-state index is 12.1. The lowest BCUT2D eigenvalue weighted by Crippen LogP contribution is -2.30. The molecule has 1 saturated heterocycles. The maximum Gasteiger partial charge on any atom is 0.332 e. The van der Waals surface area contributed by atoms with E-state index in [0.717, 1.165) is 5.69 Å². The van der Waals surface area contributed by atoms with Crippen LogP contribution in [0.5, 0.6) is 0 Å². The Bertz CT molecular complexity index is 518. The number of nitrogens with one attached hydrogen (secondary N) is 1. The molecule has 1 fully saturated rings. The minimum absolute atomic E-state index is 0.343. The second-order valence-electron chi connectivity index (χ2n) is 4.81. The summed E-state index contributed by atoms with van der Waals surface area (Å²) >= 11 is 0. The van der Waals surface area contributed by atoms with Crippen molar-refractivity contribution in [3.8, 4) is 0 Å². The monoisotopic (exact) mass is 279 g/mol. The van der Waals surface area contributed by atoms with Crippen LogP contribution in [-0.4, -0.2) is 48.3 Å². The summed E-state index contributed by atoms with van der Waals surface area (Å²) in [7, 11) is 3.72. The highest BCUT2D eigenvalue weighted by Crippen LogP contribution is 2.25. The molecular formula is C13H17N3O4. The number of carbonyl (C=O) groups is 2. The van der Waals surface area contributed by atoms with Crippen molar-refractivity contribution in [3.63, 3.8) is 0 Å². The van der Waals surface area contributed by atoms with Gasteiger partial charge < -0.3 is 20.1 Å². The Kier molecular flexibility index (Phi) is 4.19. The smallest absolute Gasteiger partial charge is 0.332 e. The van der Waals surface area contributed by atoms with E-state index in [1.165, 1.54) is 0 Å². The van der Waals surface area contributed by atoms with Crippen molar-refractivity contribution in [1.82, 2.24) is 4.98 Å². The first-order valence-corrected chi connectivity index (χ1v) is 6.29. The van der Waals surface area contributed by atoms with Crippen LogP contribution in [-0.2, 0) is 14.3 Å². The van der Waals surface area contributed by atoms with Crippen molar-refractivity contribution in [1.29, 1.82) is 0 Å². The van der Waals surface area contributed by atoms with Crippen LogP contribution in [0.4, 0.5) is 11.4 Å². The van der Waals surface area contributed by atoms with Crippen LogP contribution in [0.2, 0.25) is 0 Å². The second kappa shape index (κ2) is 5.87. The van der Waals surface area contributed by atoms with Crippen LogP contribution in [0.25, 0.3) is 0 Å². The molecule has 0 spiro atoms. The number of pyridine rings is 1. The lowest BCUT2D eigenvalue weighted by molar-refractivity contribution is -0.150. The summed E-state index contributed by atoms with van der Waals surface area (Å²) in [5, 5.41) is 11.6. The Hall–Kier alpha value is -2.15. The zero-order chi connectivity index (χ0) is 14.7. The average molecular weight is 279 g/mol. The molecule has 1 aromatic rings. The van der Waals surface area contributed by atoms with Crippen molar-refractivity contribution in [2.45, 2.75) is 25.0 Å². The fourth-order valence-electron chi connectivity index (χ4n) is 2.10. The van der Waals surface area contributed by atoms with E-state index in [-0.39, 0.29) is 5.91 Å². The summed E-state index contributed by atoms with van der Waals surface area (Å²) in [5.74, 6) is -1.37. The molecule has 1 amide bonds. The van der Waals surface area contributed by atoms with Crippen LogP contribution in [0.1, 0.15) is 12.8 Å². The third-order valence-electron chi connectivity index (χ3n) is 3.13. The third-order valence-corrected chi connectivity index (χ3v) is 3.13. The minimum Gasteiger partial charge on any atom is -0.479 e. The molecule has 0 aromatic carbocycles. The van der Waals surface area contributed by atoms with Crippen LogP contribution < -0.4 is 10.2 Å². The van der Waals surface area contributed by atoms with E-state index in [4.69, 9.17) is 9.84 Å². The van der Waals surface area contributed by atoms with Crippen LogP contribution in [0.3, 0.4) is 0 Å². The number of hydrogen-bond acceptors (Lipinski definition) is 5. The molecule has 0 radical (unpaired) electrons. The number of nitrogens with zero attached hydrogens (tertiary/aromatic N) is 2. The molecule has 0 saturated carbocycles. The summed E-state index contributed by atoms with van der Waals surface area (Å²) < 4.78 is 5.21. The predicted octanol–water partition coefficient (Wildman–Crippen LogP) is 0.718. The number of anilines is 2. The number of aromatic nitrogens is 1. The van der Waals surface area contributed by atoms with Crippen LogP contribution >= 0.6 is 0 Å². The topological polar surface area (TPSA) is 91.8 Å². The van der Waals surface area contributed by atoms with E-state index in [1.807, 2.05) is 19.0 Å². The van der Waals surface area contributed by atoms with Gasteiger partial charge in [-0.2, -0.15) is 0 Å². The van der Waals surface area contributed by atoms with Crippen molar-refractivity contribution in [3.05, 3.63) is 18.5 Å². The predicted molar refractivity (Wildman–Crippen MR) is 72.7 cm³/mol. The van der Waals surface area contributed by atoms with Gasteiger partial charge in [0.2, 0.25) is 0 Å². The van der Waals surface area contributed by atoms with E-state index in [0.29, 0.717) is 18.5 Å². The summed E-state index contributed by atoms with van der Waals surface area (Å²) in [6.45, 7) is 0. The fourth-order valence-corrected chi connectivity index (χ4v) is 2.10. The van der Waals surface area contributed by atoms with Gasteiger partial charge in [0.1, 0.15) is 6.10 Å². The fraction of sp³-hybridized carbons (Fsp3) is 0.462. The molecule has 7 nitrogen and oxygen atoms in total. The lowest BCUT2D eigenvalue weighted by Gasteiger charge is -2.18. The molecule has 2 unspecified atom stereocenters. The summed E-state index contributed by atoms with van der Waals surface area (Å²) in [4.78, 5) is 28.7. The van der Waals surface area contributed by atoms with Gasteiger partial charge in [-0.25, -0.2) is 4.79 Å². The standard InChI is InChI=1S/C13H17N3O4/c1-16(2)9-5-6-14-7-8(9)15-12(17)10-3-4-11(20-10)13(18)19/h5-7,10-11H,3-4H2,1-2H3,(H,15,17)(H,18,19). The van der Waals surface area contributed by atoms with Crippen molar-refractivity contribution >= 4 is 23.3 Å². The molecule has 2 N–H and O–H groups in total. The molecule has 20 heavy (non-hydrogen) atoms. The number of hydrogen-bond donors (Lipinski definition) is 2. The molecule has 1 aliphatic heterocycles. The van der Waals surface area contributed by atoms with E-state index >= 15 is 0 Å². The maximum absolute atomic E-state index is 12.1. The zero-order valence-electron chi connectivity index (χ0n) is 11.4. The Labute approximate surface area is 116 Å². The van der Waals surface area contributed by atoms with Gasteiger partial charge in [-0.05, 0) is 18.9 Å². The first kappa shape index (κ1) is 14.3. The molecule has 0 bridgehead atoms. The van der Waals surface area contributed by atoms with Gasteiger partial charge in [-0.1, -0.05) is 0 Å². The van der Waals surface area contributed by atoms with Crippen molar-refractivity contribution in [2.24, 2.45) is 0 Å². The molecular weight excluding hydrogens is 262 g/mol. The number of carbonyl (C=O) groups excluding carboxylic acids is 1. The molecule has 1 aromatic heterocycles. The van der Waals surface area contributed by atoms with Crippen molar-refractivity contribution in [2.75, 3.05) is 24.3 Å². The molecule has 1 aliphatic rings. The third kappa shape index (κ3) is 3.05. The highest BCUT2D eigenvalue weighted by molar-refractivity contribution is 5.97. The van der Waals surface area contributed by atoms with Gasteiger partial charge >= 0.3 is 5.97 Å². The van der Waals surface area contributed by atoms with Crippen LogP contribution in [0.15, 0.2) is 18.5 Å². The molecule has 7 heteroatoms. The Balaban J connectivity index is 2.04. The summed E-state index contributed by atoms with van der Waals surface area (Å²) in [5.41, 5.74) is 1.39. The first-order chi connectivity index (χ1) is 9.49. The van der Waals surface area contributed by atoms with E-state index < -0.39 is 18.2 Å². The second-order valence-corrected chi connectivity index (χ2v) is 4.81. The number of carboxylic acids is 1. The quantitative estimate of drug-likeness (QED) is 0.843. The highest BCUT2D eigenvalue weighted by atomic mass is 16.5. The molecule has 2 rings (SSSR count). The van der Waals surface area contributed by atoms with Gasteiger partial charge in [-0.15, -0.1) is 0 Å². The van der Waals surface area contributed by atoms with Crippen molar-refractivity contribution < 1.29 is 19.4 Å². The number of ether oxygens (including phenoxy) is 1. The van der Waals surface area contributed by atoms with Gasteiger partial charge in [0, 0.05) is 20.3 Å². The van der Waals surface area contributed by atoms with Gasteiger partial charge in [0.25, 0.3) is 5.91 Å². The normalized spacial score (nSPS) is 21.5. The average Bonchev–Trinajstić information content (AvgIpc) is 2.89. The zero-order valence-corrected chi connectivity index (χ0v) is 11.4. The van der Waals surface area contributed by atoms with Gasteiger partial charge in [0.15, 0.2) is 6.10 Å². The van der Waals surface area contributed by atoms with E-state index in [2.05, 4.69) is 10.3 Å². The number of carboxylic acid groups (broad SMARTS) is 1. The van der Waals surface area contributed by atoms with E-state index in [1.54, 1.807) is 18.5 Å². The summed E-state index contributed by atoms with van der Waals surface area (Å²) in [6.07, 6.45) is 2.31. The highest BCUT2D eigenvalue weighted by Gasteiger charge is 2.34. The van der Waals surface area contributed by atoms with Crippen LogP contribution in [0, 0.1) is 0 Å². The minimum atomic E-state index is -1.03. The number of amides is 1. The number of rotatable bonds is 4. The van der Waals surface area contributed by atoms with E-state index in [9.17, 15) is 9.59 Å². The summed E-state index contributed by atoms with van der Waals surface area (Å²) in [6, 6.07) is 1.78. The molecule has 2 heterocycles. The number of aliphatic carboxylic acids is 1. The Morgan fingerprint density at radius 3 is 2.70 bits per heavy atom. The Morgan fingerprint density at radius 1 is 1.40 bits per heavy atom. The SMILES string of the molecule is CN(C)c1ccncc1NC(=O)C1CCC(C(=O)O)O1. The molecule has 0 aliphatic carbocycles.